The fraction of sp³-hybridized carbons (Fsp3) is 0.136. The Hall–Kier alpha value is -1.94. The summed E-state index contributed by atoms with van der Waals surface area (Å²) in [5.41, 5.74) is 2.86. The smallest absolute Gasteiger partial charge is 0.253 e. The van der Waals surface area contributed by atoms with Crippen LogP contribution in [-0.4, -0.2) is 17.9 Å². The van der Waals surface area contributed by atoms with Gasteiger partial charge in [0, 0.05) is 39.8 Å². The number of rotatable bonds is 6. The van der Waals surface area contributed by atoms with Gasteiger partial charge in [0.2, 0.25) is 0 Å². The second-order valence-corrected chi connectivity index (χ2v) is 8.15. The molecule has 0 aliphatic heterocycles. The first kappa shape index (κ1) is 19.8. The molecule has 1 amide bonds. The second-order valence-electron chi connectivity index (χ2n) is 6.23. The van der Waals surface area contributed by atoms with Crippen molar-refractivity contribution >= 4 is 40.9 Å². The van der Waals surface area contributed by atoms with Gasteiger partial charge in [-0.15, -0.1) is 11.8 Å². The Bertz CT molecular complexity index is 910. The van der Waals surface area contributed by atoms with Gasteiger partial charge in [-0.1, -0.05) is 47.5 Å². The summed E-state index contributed by atoms with van der Waals surface area (Å²) in [5, 5.41) is 1.42. The predicted molar refractivity (Wildman–Crippen MR) is 115 cm³/mol. The molecule has 3 aromatic carbocycles. The molecule has 3 aromatic rings. The van der Waals surface area contributed by atoms with Crippen LogP contribution in [0.5, 0.6) is 0 Å². The average Bonchev–Trinajstić information content (AvgIpc) is 2.67. The molecular weight excluding hydrogens is 397 g/mol. The van der Waals surface area contributed by atoms with Crippen molar-refractivity contribution < 1.29 is 4.79 Å². The van der Waals surface area contributed by atoms with Gasteiger partial charge in [-0.3, -0.25) is 4.79 Å². The van der Waals surface area contributed by atoms with Gasteiger partial charge in [-0.05, 0) is 59.7 Å². The minimum atomic E-state index is -0.00752. The number of hydrogen-bond donors (Lipinski definition) is 0. The highest BCUT2D eigenvalue weighted by Crippen LogP contribution is 2.24. The first-order valence-electron chi connectivity index (χ1n) is 8.48. The van der Waals surface area contributed by atoms with E-state index < -0.39 is 0 Å². The molecule has 0 N–H and O–H groups in total. The maximum atomic E-state index is 12.6. The standard InChI is InChI=1S/C22H19Cl2NOS/c1-25(14-17-3-2-4-20(24)13-17)22(26)18-7-5-16(6-8-18)15-27-21-11-9-19(23)10-12-21/h2-13H,14-15H2,1H3. The molecule has 138 valence electrons. The maximum absolute atomic E-state index is 12.6. The maximum Gasteiger partial charge on any atom is 0.253 e. The van der Waals surface area contributed by atoms with Crippen molar-refractivity contribution in [3.8, 4) is 0 Å². The van der Waals surface area contributed by atoms with E-state index in [-0.39, 0.29) is 5.91 Å². The Labute approximate surface area is 174 Å². The van der Waals surface area contributed by atoms with Crippen LogP contribution in [0.2, 0.25) is 10.0 Å². The number of nitrogens with zero attached hydrogens (tertiary/aromatic N) is 1. The Morgan fingerprint density at radius 1 is 0.889 bits per heavy atom. The first-order chi connectivity index (χ1) is 13.0. The quantitative estimate of drug-likeness (QED) is 0.424. The minimum Gasteiger partial charge on any atom is -0.337 e. The topological polar surface area (TPSA) is 20.3 Å². The van der Waals surface area contributed by atoms with Crippen molar-refractivity contribution in [2.75, 3.05) is 7.05 Å². The molecule has 0 saturated carbocycles. The molecule has 0 spiro atoms. The average molecular weight is 416 g/mol. The third-order valence-corrected chi connectivity index (χ3v) is 5.65. The Morgan fingerprint density at radius 2 is 1.59 bits per heavy atom. The van der Waals surface area contributed by atoms with E-state index in [1.807, 2.05) is 72.8 Å². The molecule has 0 radical (unpaired) electrons. The lowest BCUT2D eigenvalue weighted by atomic mass is 10.1. The normalized spacial score (nSPS) is 10.6. The number of carbonyl (C=O) groups is 1. The lowest BCUT2D eigenvalue weighted by Crippen LogP contribution is -2.26. The number of halogens is 2. The van der Waals surface area contributed by atoms with E-state index in [1.165, 1.54) is 10.5 Å². The zero-order chi connectivity index (χ0) is 19.2. The lowest BCUT2D eigenvalue weighted by molar-refractivity contribution is 0.0785. The van der Waals surface area contributed by atoms with Crippen LogP contribution < -0.4 is 0 Å². The monoisotopic (exact) mass is 415 g/mol. The Balaban J connectivity index is 1.58. The number of carbonyl (C=O) groups excluding carboxylic acids is 1. The number of thioether (sulfide) groups is 1. The van der Waals surface area contributed by atoms with Crippen LogP contribution in [0.15, 0.2) is 77.7 Å². The van der Waals surface area contributed by atoms with Crippen molar-refractivity contribution in [1.29, 1.82) is 0 Å². The van der Waals surface area contributed by atoms with E-state index >= 15 is 0 Å². The van der Waals surface area contributed by atoms with Crippen molar-refractivity contribution in [3.63, 3.8) is 0 Å². The second kappa shape index (κ2) is 9.32. The van der Waals surface area contributed by atoms with E-state index in [0.29, 0.717) is 17.1 Å². The molecule has 0 atom stereocenters. The molecule has 0 bridgehead atoms. The molecule has 0 unspecified atom stereocenters. The summed E-state index contributed by atoms with van der Waals surface area (Å²) in [6.07, 6.45) is 0. The fourth-order valence-corrected chi connectivity index (χ4v) is 3.84. The summed E-state index contributed by atoms with van der Waals surface area (Å²) in [6, 6.07) is 23.1. The van der Waals surface area contributed by atoms with E-state index in [1.54, 1.807) is 23.7 Å². The number of benzene rings is 3. The van der Waals surface area contributed by atoms with E-state index in [0.717, 1.165) is 16.3 Å². The van der Waals surface area contributed by atoms with Crippen LogP contribution in [0.25, 0.3) is 0 Å². The highest BCUT2D eigenvalue weighted by molar-refractivity contribution is 7.98. The van der Waals surface area contributed by atoms with Crippen LogP contribution in [0.4, 0.5) is 0 Å². The van der Waals surface area contributed by atoms with Gasteiger partial charge in [-0.2, -0.15) is 0 Å². The van der Waals surface area contributed by atoms with Gasteiger partial charge in [0.25, 0.3) is 5.91 Å². The molecule has 0 fully saturated rings. The van der Waals surface area contributed by atoms with Gasteiger partial charge in [0.1, 0.15) is 0 Å². The van der Waals surface area contributed by atoms with E-state index in [4.69, 9.17) is 23.2 Å². The van der Waals surface area contributed by atoms with E-state index in [9.17, 15) is 4.79 Å². The Morgan fingerprint density at radius 3 is 2.26 bits per heavy atom. The summed E-state index contributed by atoms with van der Waals surface area (Å²) >= 11 is 13.7. The highest BCUT2D eigenvalue weighted by atomic mass is 35.5. The van der Waals surface area contributed by atoms with Crippen LogP contribution in [0.1, 0.15) is 21.5 Å². The van der Waals surface area contributed by atoms with Crippen molar-refractivity contribution in [2.45, 2.75) is 17.2 Å². The molecular formula is C22H19Cl2NOS. The number of amides is 1. The fourth-order valence-electron chi connectivity index (χ4n) is 2.64. The summed E-state index contributed by atoms with van der Waals surface area (Å²) in [5.74, 6) is 0.834. The predicted octanol–water partition coefficient (Wildman–Crippen LogP) is 6.56. The zero-order valence-corrected chi connectivity index (χ0v) is 17.2. The molecule has 0 aliphatic rings. The summed E-state index contributed by atoms with van der Waals surface area (Å²) in [7, 11) is 1.80. The minimum absolute atomic E-state index is 0.00752. The van der Waals surface area contributed by atoms with Crippen LogP contribution in [0.3, 0.4) is 0 Å². The third-order valence-electron chi connectivity index (χ3n) is 4.08. The lowest BCUT2D eigenvalue weighted by Gasteiger charge is -2.17. The first-order valence-corrected chi connectivity index (χ1v) is 10.2. The van der Waals surface area contributed by atoms with Crippen molar-refractivity contribution in [1.82, 2.24) is 4.90 Å². The van der Waals surface area contributed by atoms with Crippen LogP contribution in [0, 0.1) is 0 Å². The molecule has 5 heteroatoms. The summed E-state index contributed by atoms with van der Waals surface area (Å²) in [4.78, 5) is 15.5. The molecule has 2 nitrogen and oxygen atoms in total. The largest absolute Gasteiger partial charge is 0.337 e. The van der Waals surface area contributed by atoms with Gasteiger partial charge < -0.3 is 4.90 Å². The molecule has 27 heavy (non-hydrogen) atoms. The summed E-state index contributed by atoms with van der Waals surface area (Å²) in [6.45, 7) is 0.521. The summed E-state index contributed by atoms with van der Waals surface area (Å²) < 4.78 is 0. The van der Waals surface area contributed by atoms with Gasteiger partial charge in [0.05, 0.1) is 0 Å². The van der Waals surface area contributed by atoms with Crippen molar-refractivity contribution in [2.24, 2.45) is 0 Å². The van der Waals surface area contributed by atoms with Crippen LogP contribution in [-0.2, 0) is 12.3 Å². The molecule has 0 aliphatic carbocycles. The van der Waals surface area contributed by atoms with Gasteiger partial charge in [0.15, 0.2) is 0 Å². The number of hydrogen-bond acceptors (Lipinski definition) is 2. The molecule has 0 aromatic heterocycles. The third kappa shape index (κ3) is 5.77. The molecule has 0 saturated heterocycles. The highest BCUT2D eigenvalue weighted by Gasteiger charge is 2.12. The zero-order valence-electron chi connectivity index (χ0n) is 14.9. The SMILES string of the molecule is CN(Cc1cccc(Cl)c1)C(=O)c1ccc(CSc2ccc(Cl)cc2)cc1. The van der Waals surface area contributed by atoms with E-state index in [2.05, 4.69) is 0 Å². The Kier molecular flexibility index (Phi) is 6.84. The molecule has 3 rings (SSSR count). The van der Waals surface area contributed by atoms with Crippen molar-refractivity contribution in [3.05, 3.63) is 99.5 Å². The van der Waals surface area contributed by atoms with Gasteiger partial charge >= 0.3 is 0 Å². The van der Waals surface area contributed by atoms with Crippen LogP contribution >= 0.6 is 35.0 Å². The molecule has 0 heterocycles. The van der Waals surface area contributed by atoms with Gasteiger partial charge in [-0.25, -0.2) is 0 Å².